The van der Waals surface area contributed by atoms with Crippen LogP contribution in [0.5, 0.6) is 0 Å². The van der Waals surface area contributed by atoms with E-state index in [0.29, 0.717) is 19.3 Å². The summed E-state index contributed by atoms with van der Waals surface area (Å²) in [7, 11) is 0. The highest BCUT2D eigenvalue weighted by Gasteiger charge is 2.79. The van der Waals surface area contributed by atoms with Gasteiger partial charge in [-0.25, -0.2) is 4.79 Å². The van der Waals surface area contributed by atoms with Crippen LogP contribution in [0.15, 0.2) is 12.2 Å². The van der Waals surface area contributed by atoms with Gasteiger partial charge in [0.15, 0.2) is 12.2 Å². The molecular formula is C21H32O7. The smallest absolute Gasteiger partial charge is 0.333 e. The number of carbonyl (C=O) groups is 2. The van der Waals surface area contributed by atoms with Gasteiger partial charge in [0.25, 0.3) is 0 Å². The van der Waals surface area contributed by atoms with E-state index >= 15 is 0 Å². The zero-order valence-corrected chi connectivity index (χ0v) is 17.6. The van der Waals surface area contributed by atoms with Crippen molar-refractivity contribution in [3.05, 3.63) is 12.2 Å². The normalized spacial score (nSPS) is 35.0. The number of ether oxygens (including phenoxy) is 4. The molecule has 28 heavy (non-hydrogen) atoms. The molecule has 3 heterocycles. The van der Waals surface area contributed by atoms with E-state index in [1.54, 1.807) is 27.7 Å². The average Bonchev–Trinajstić information content (AvgIpc) is 3.21. The maximum Gasteiger partial charge on any atom is 0.333 e. The number of hydrogen-bond donors (Lipinski definition) is 1. The van der Waals surface area contributed by atoms with Crippen molar-refractivity contribution in [1.82, 2.24) is 0 Å². The molecule has 2 bridgehead atoms. The number of aliphatic hydroxyl groups is 1. The predicted octanol–water partition coefficient (Wildman–Crippen LogP) is 2.29. The lowest BCUT2D eigenvalue weighted by atomic mass is 9.61. The molecule has 3 aliphatic rings. The Morgan fingerprint density at radius 3 is 2.50 bits per heavy atom. The molecule has 0 spiro atoms. The molecule has 6 unspecified atom stereocenters. The molecule has 3 saturated heterocycles. The third kappa shape index (κ3) is 2.82. The lowest BCUT2D eigenvalue weighted by Gasteiger charge is -2.48. The van der Waals surface area contributed by atoms with Crippen LogP contribution in [-0.2, 0) is 28.5 Å². The molecule has 0 aromatic carbocycles. The molecule has 7 heteroatoms. The van der Waals surface area contributed by atoms with E-state index in [1.807, 2.05) is 13.8 Å². The molecule has 1 N–H and O–H groups in total. The van der Waals surface area contributed by atoms with Crippen LogP contribution < -0.4 is 0 Å². The second-order valence-electron chi connectivity index (χ2n) is 8.91. The Hall–Kier alpha value is -1.44. The lowest BCUT2D eigenvalue weighted by Crippen LogP contribution is -2.61. The van der Waals surface area contributed by atoms with Crippen LogP contribution in [0, 0.1) is 5.41 Å². The molecule has 0 aromatic rings. The summed E-state index contributed by atoms with van der Waals surface area (Å²) in [5.74, 6) is -0.885. The van der Waals surface area contributed by atoms with Gasteiger partial charge < -0.3 is 24.1 Å². The Bertz CT molecular complexity index is 675. The maximum atomic E-state index is 13.2. The SMILES string of the molecule is C=C(C)C(=O)OC1C2CC3(C(CC)(CC)OC(C)C(C)(C)O)C(=O)OC1C3O2. The van der Waals surface area contributed by atoms with Crippen molar-refractivity contribution in [3.8, 4) is 0 Å². The maximum absolute atomic E-state index is 13.2. The Kier molecular flexibility index (Phi) is 5.18. The topological polar surface area (TPSA) is 91.3 Å². The first-order valence-corrected chi connectivity index (χ1v) is 10.1. The molecule has 3 fully saturated rings. The Morgan fingerprint density at radius 2 is 2.00 bits per heavy atom. The minimum Gasteiger partial charge on any atom is -0.455 e. The van der Waals surface area contributed by atoms with Crippen molar-refractivity contribution in [2.45, 2.75) is 103 Å². The zero-order chi connectivity index (χ0) is 21.1. The Labute approximate surface area is 166 Å². The van der Waals surface area contributed by atoms with Gasteiger partial charge in [-0.1, -0.05) is 20.4 Å². The van der Waals surface area contributed by atoms with E-state index in [-0.39, 0.29) is 11.5 Å². The minimum absolute atomic E-state index is 0.289. The largest absolute Gasteiger partial charge is 0.455 e. The Morgan fingerprint density at radius 1 is 1.39 bits per heavy atom. The van der Waals surface area contributed by atoms with Crippen LogP contribution in [0.3, 0.4) is 0 Å². The molecule has 0 aromatic heterocycles. The van der Waals surface area contributed by atoms with Crippen molar-refractivity contribution in [2.75, 3.05) is 0 Å². The quantitative estimate of drug-likeness (QED) is 0.497. The zero-order valence-electron chi connectivity index (χ0n) is 17.6. The van der Waals surface area contributed by atoms with Crippen LogP contribution >= 0.6 is 0 Å². The summed E-state index contributed by atoms with van der Waals surface area (Å²) in [6.07, 6.45) is -1.25. The second kappa shape index (κ2) is 6.82. The summed E-state index contributed by atoms with van der Waals surface area (Å²) < 4.78 is 23.8. The molecule has 3 rings (SSSR count). The van der Waals surface area contributed by atoms with Crippen molar-refractivity contribution in [2.24, 2.45) is 5.41 Å². The number of esters is 2. The average molecular weight is 396 g/mol. The Balaban J connectivity index is 1.93. The van der Waals surface area contributed by atoms with Crippen molar-refractivity contribution < 1.29 is 33.6 Å². The van der Waals surface area contributed by atoms with E-state index < -0.39 is 53.1 Å². The van der Waals surface area contributed by atoms with Gasteiger partial charge in [0.1, 0.15) is 17.6 Å². The molecular weight excluding hydrogens is 364 g/mol. The van der Waals surface area contributed by atoms with Gasteiger partial charge in [-0.3, -0.25) is 4.79 Å². The van der Waals surface area contributed by atoms with Crippen LogP contribution in [0.1, 0.15) is 60.8 Å². The number of hydrogen-bond acceptors (Lipinski definition) is 7. The van der Waals surface area contributed by atoms with E-state index in [4.69, 9.17) is 18.9 Å². The van der Waals surface area contributed by atoms with Crippen molar-refractivity contribution in [1.29, 1.82) is 0 Å². The summed E-state index contributed by atoms with van der Waals surface area (Å²) >= 11 is 0. The first kappa shape index (κ1) is 21.3. The van der Waals surface area contributed by atoms with Gasteiger partial charge in [-0.15, -0.1) is 0 Å². The molecule has 0 amide bonds. The van der Waals surface area contributed by atoms with Crippen molar-refractivity contribution >= 4 is 11.9 Å². The van der Waals surface area contributed by atoms with Crippen LogP contribution in [0.2, 0.25) is 0 Å². The van der Waals surface area contributed by atoms with E-state index in [9.17, 15) is 14.7 Å². The predicted molar refractivity (Wildman–Crippen MR) is 100 cm³/mol. The van der Waals surface area contributed by atoms with Crippen LogP contribution in [0.25, 0.3) is 0 Å². The number of fused-ring (bicyclic) bond motifs is 1. The molecule has 0 saturated carbocycles. The third-order valence-corrected chi connectivity index (χ3v) is 6.87. The standard InChI is InChI=1S/C21H32O7/c1-8-20(9-2,28-12(5)19(6,7)24)21-10-13-14(26-17(22)11(3)4)15(16(21)25-13)27-18(21)23/h12-16,24H,3,8-10H2,1-2,4-7H3. The lowest BCUT2D eigenvalue weighted by molar-refractivity contribution is -0.215. The fraction of sp³-hybridized carbons (Fsp3) is 0.810. The minimum atomic E-state index is -1.06. The molecule has 7 nitrogen and oxygen atoms in total. The van der Waals surface area contributed by atoms with Crippen molar-refractivity contribution in [3.63, 3.8) is 0 Å². The molecule has 6 atom stereocenters. The van der Waals surface area contributed by atoms with E-state index in [2.05, 4.69) is 6.58 Å². The monoisotopic (exact) mass is 396 g/mol. The summed E-state index contributed by atoms with van der Waals surface area (Å²) in [6.45, 7) is 14.3. The fourth-order valence-electron chi connectivity index (χ4n) is 4.91. The van der Waals surface area contributed by atoms with Gasteiger partial charge in [0, 0.05) is 5.57 Å². The number of carbonyl (C=O) groups excluding carboxylic acids is 2. The molecule has 0 aliphatic carbocycles. The fourth-order valence-corrected chi connectivity index (χ4v) is 4.91. The first-order valence-electron chi connectivity index (χ1n) is 10.1. The van der Waals surface area contributed by atoms with E-state index in [0.717, 1.165) is 0 Å². The summed E-state index contributed by atoms with van der Waals surface area (Å²) in [5, 5.41) is 10.4. The molecule has 3 aliphatic heterocycles. The summed E-state index contributed by atoms with van der Waals surface area (Å²) in [6, 6.07) is 0. The summed E-state index contributed by atoms with van der Waals surface area (Å²) in [5.41, 5.74) is -2.60. The summed E-state index contributed by atoms with van der Waals surface area (Å²) in [4.78, 5) is 25.2. The third-order valence-electron chi connectivity index (χ3n) is 6.87. The number of rotatable bonds is 8. The van der Waals surface area contributed by atoms with Crippen LogP contribution in [-0.4, -0.2) is 58.8 Å². The first-order chi connectivity index (χ1) is 12.9. The highest BCUT2D eigenvalue weighted by molar-refractivity contribution is 5.88. The molecule has 0 radical (unpaired) electrons. The van der Waals surface area contributed by atoms with Gasteiger partial charge >= 0.3 is 11.9 Å². The van der Waals surface area contributed by atoms with Gasteiger partial charge in [-0.05, 0) is 47.0 Å². The molecule has 158 valence electrons. The van der Waals surface area contributed by atoms with Gasteiger partial charge in [0.05, 0.1) is 17.3 Å². The highest BCUT2D eigenvalue weighted by Crippen LogP contribution is 2.63. The van der Waals surface area contributed by atoms with Gasteiger partial charge in [0.2, 0.25) is 0 Å². The van der Waals surface area contributed by atoms with E-state index in [1.165, 1.54) is 0 Å². The highest BCUT2D eigenvalue weighted by atomic mass is 16.7. The van der Waals surface area contributed by atoms with Gasteiger partial charge in [-0.2, -0.15) is 0 Å². The second-order valence-corrected chi connectivity index (χ2v) is 8.91. The van der Waals surface area contributed by atoms with Crippen LogP contribution in [0.4, 0.5) is 0 Å².